The first-order valence-corrected chi connectivity index (χ1v) is 10.3. The van der Waals surface area contributed by atoms with Crippen LogP contribution in [0.3, 0.4) is 0 Å². The molecular formula is C21H18N4O4S. The molecule has 0 fully saturated rings. The van der Waals surface area contributed by atoms with E-state index in [0.29, 0.717) is 41.5 Å². The van der Waals surface area contributed by atoms with E-state index in [1.807, 2.05) is 30.3 Å². The Morgan fingerprint density at radius 2 is 1.93 bits per heavy atom. The summed E-state index contributed by atoms with van der Waals surface area (Å²) in [4.78, 5) is 15.8. The summed E-state index contributed by atoms with van der Waals surface area (Å²) in [5, 5.41) is 12.0. The molecule has 1 unspecified atom stereocenters. The van der Waals surface area contributed by atoms with Crippen molar-refractivity contribution in [2.75, 3.05) is 18.5 Å². The van der Waals surface area contributed by atoms with Crippen LogP contribution in [0.25, 0.3) is 22.5 Å². The van der Waals surface area contributed by atoms with Crippen molar-refractivity contribution in [1.29, 1.82) is 0 Å². The number of carbonyl (C=O) groups excluding carboxylic acids is 1. The molecule has 2 N–H and O–H groups in total. The summed E-state index contributed by atoms with van der Waals surface area (Å²) in [6.45, 7) is 2.80. The number of thioether (sulfide) groups is 1. The van der Waals surface area contributed by atoms with E-state index < -0.39 is 5.25 Å². The predicted octanol–water partition coefficient (Wildman–Crippen LogP) is 4.11. The molecule has 1 aliphatic rings. The van der Waals surface area contributed by atoms with Gasteiger partial charge in [-0.25, -0.2) is 0 Å². The number of amides is 1. The average molecular weight is 422 g/mol. The standard InChI is InChI=1S/C21H18N4O4S/c1-12(19(26)22-14-6-7-17-18(11-14)28-9-8-27-17)30-21-25-24-20(29-21)16-10-13-4-2-3-5-15(13)23-16/h2-7,10-12,23H,8-9H2,1H3,(H,22,26). The SMILES string of the molecule is CC(Sc1nnc(-c2cc3ccccc3[nH]2)o1)C(=O)Nc1ccc2c(c1)OCCO2. The Kier molecular flexibility index (Phi) is 4.80. The zero-order valence-electron chi connectivity index (χ0n) is 16.0. The van der Waals surface area contributed by atoms with Crippen molar-refractivity contribution in [3.8, 4) is 23.1 Å². The molecule has 5 rings (SSSR count). The van der Waals surface area contributed by atoms with Gasteiger partial charge in [0, 0.05) is 22.7 Å². The zero-order chi connectivity index (χ0) is 20.5. The predicted molar refractivity (Wildman–Crippen MR) is 113 cm³/mol. The maximum Gasteiger partial charge on any atom is 0.277 e. The number of rotatable bonds is 5. The van der Waals surface area contributed by atoms with Crippen LogP contribution in [0.5, 0.6) is 11.5 Å². The van der Waals surface area contributed by atoms with Crippen molar-refractivity contribution >= 4 is 34.3 Å². The topological polar surface area (TPSA) is 102 Å². The number of fused-ring (bicyclic) bond motifs is 2. The molecule has 2 aromatic carbocycles. The van der Waals surface area contributed by atoms with Gasteiger partial charge in [-0.2, -0.15) is 0 Å². The van der Waals surface area contributed by atoms with Gasteiger partial charge in [-0.1, -0.05) is 30.0 Å². The number of H-pyrrole nitrogens is 1. The highest BCUT2D eigenvalue weighted by Gasteiger charge is 2.20. The first-order chi connectivity index (χ1) is 14.7. The second kappa shape index (κ2) is 7.75. The summed E-state index contributed by atoms with van der Waals surface area (Å²) < 4.78 is 16.8. The van der Waals surface area contributed by atoms with E-state index in [4.69, 9.17) is 13.9 Å². The molecule has 1 atom stereocenters. The fourth-order valence-electron chi connectivity index (χ4n) is 3.12. The quantitative estimate of drug-likeness (QED) is 0.467. The number of ether oxygens (including phenoxy) is 2. The van der Waals surface area contributed by atoms with Crippen LogP contribution in [0, 0.1) is 0 Å². The van der Waals surface area contributed by atoms with Crippen LogP contribution in [-0.4, -0.2) is 39.6 Å². The summed E-state index contributed by atoms with van der Waals surface area (Å²) in [7, 11) is 0. The van der Waals surface area contributed by atoms with Crippen LogP contribution >= 0.6 is 11.8 Å². The molecular weight excluding hydrogens is 404 g/mol. The fourth-order valence-corrected chi connectivity index (χ4v) is 3.81. The molecule has 152 valence electrons. The van der Waals surface area contributed by atoms with Gasteiger partial charge >= 0.3 is 0 Å². The summed E-state index contributed by atoms with van der Waals surface area (Å²) >= 11 is 1.20. The minimum absolute atomic E-state index is 0.179. The van der Waals surface area contributed by atoms with Gasteiger partial charge in [0.2, 0.25) is 5.91 Å². The maximum atomic E-state index is 12.6. The highest BCUT2D eigenvalue weighted by molar-refractivity contribution is 8.00. The molecule has 1 amide bonds. The Bertz CT molecular complexity index is 1190. The van der Waals surface area contributed by atoms with Crippen LogP contribution in [0.1, 0.15) is 6.92 Å². The molecule has 0 bridgehead atoms. The van der Waals surface area contributed by atoms with Crippen molar-refractivity contribution in [1.82, 2.24) is 15.2 Å². The van der Waals surface area contributed by atoms with E-state index in [2.05, 4.69) is 20.5 Å². The van der Waals surface area contributed by atoms with E-state index in [1.54, 1.807) is 25.1 Å². The Balaban J connectivity index is 1.25. The number of nitrogens with zero attached hydrogens (tertiary/aromatic N) is 2. The number of aromatic nitrogens is 3. The van der Waals surface area contributed by atoms with Crippen molar-refractivity contribution in [3.05, 3.63) is 48.5 Å². The lowest BCUT2D eigenvalue weighted by Gasteiger charge is -2.19. The molecule has 4 aromatic rings. The smallest absolute Gasteiger partial charge is 0.277 e. The molecule has 0 saturated carbocycles. The minimum Gasteiger partial charge on any atom is -0.486 e. The van der Waals surface area contributed by atoms with Crippen molar-refractivity contribution in [2.24, 2.45) is 0 Å². The van der Waals surface area contributed by atoms with Crippen LogP contribution in [0.2, 0.25) is 0 Å². The average Bonchev–Trinajstić information content (AvgIpc) is 3.40. The highest BCUT2D eigenvalue weighted by Crippen LogP contribution is 2.33. The number of para-hydroxylation sites is 1. The first-order valence-electron chi connectivity index (χ1n) is 9.44. The lowest BCUT2D eigenvalue weighted by atomic mass is 10.2. The summed E-state index contributed by atoms with van der Waals surface area (Å²) in [5.41, 5.74) is 2.37. The largest absolute Gasteiger partial charge is 0.486 e. The van der Waals surface area contributed by atoms with E-state index in [1.165, 1.54) is 11.8 Å². The lowest BCUT2D eigenvalue weighted by Crippen LogP contribution is -2.22. The van der Waals surface area contributed by atoms with Crippen LogP contribution in [0.15, 0.2) is 58.2 Å². The Labute approximate surface area is 176 Å². The van der Waals surface area contributed by atoms with Crippen LogP contribution < -0.4 is 14.8 Å². The third kappa shape index (κ3) is 3.71. The Morgan fingerprint density at radius 1 is 1.10 bits per heavy atom. The van der Waals surface area contributed by atoms with E-state index in [9.17, 15) is 4.79 Å². The molecule has 2 aromatic heterocycles. The van der Waals surface area contributed by atoms with E-state index >= 15 is 0 Å². The van der Waals surface area contributed by atoms with Gasteiger partial charge in [-0.3, -0.25) is 4.79 Å². The lowest BCUT2D eigenvalue weighted by molar-refractivity contribution is -0.115. The van der Waals surface area contributed by atoms with Gasteiger partial charge in [0.05, 0.1) is 5.25 Å². The summed E-state index contributed by atoms with van der Waals surface area (Å²) in [5.74, 6) is 1.51. The van der Waals surface area contributed by atoms with Gasteiger partial charge in [0.15, 0.2) is 11.5 Å². The normalized spacial score (nSPS) is 13.9. The van der Waals surface area contributed by atoms with Gasteiger partial charge in [-0.15, -0.1) is 10.2 Å². The van der Waals surface area contributed by atoms with E-state index in [0.717, 1.165) is 16.6 Å². The molecule has 0 saturated heterocycles. The Morgan fingerprint density at radius 3 is 2.80 bits per heavy atom. The number of nitrogens with one attached hydrogen (secondary N) is 2. The second-order valence-electron chi connectivity index (χ2n) is 6.75. The third-order valence-electron chi connectivity index (χ3n) is 4.62. The molecule has 9 heteroatoms. The van der Waals surface area contributed by atoms with Gasteiger partial charge in [-0.05, 0) is 31.2 Å². The molecule has 0 aliphatic carbocycles. The number of hydrogen-bond donors (Lipinski definition) is 2. The number of hydrogen-bond acceptors (Lipinski definition) is 7. The molecule has 30 heavy (non-hydrogen) atoms. The monoisotopic (exact) mass is 422 g/mol. The summed E-state index contributed by atoms with van der Waals surface area (Å²) in [6.07, 6.45) is 0. The first kappa shape index (κ1) is 18.6. The number of benzene rings is 2. The second-order valence-corrected chi connectivity index (χ2v) is 8.04. The number of carbonyl (C=O) groups is 1. The van der Waals surface area contributed by atoms with Gasteiger partial charge < -0.3 is 24.2 Å². The highest BCUT2D eigenvalue weighted by atomic mass is 32.2. The molecule has 3 heterocycles. The minimum atomic E-state index is -0.436. The fraction of sp³-hybridized carbons (Fsp3) is 0.190. The maximum absolute atomic E-state index is 12.6. The number of aromatic amines is 1. The third-order valence-corrected chi connectivity index (χ3v) is 5.56. The molecule has 0 spiro atoms. The van der Waals surface area contributed by atoms with Crippen molar-refractivity contribution < 1.29 is 18.7 Å². The molecule has 8 nitrogen and oxygen atoms in total. The summed E-state index contributed by atoms with van der Waals surface area (Å²) in [6, 6.07) is 15.2. The zero-order valence-corrected chi connectivity index (χ0v) is 16.9. The van der Waals surface area contributed by atoms with Crippen molar-refractivity contribution in [2.45, 2.75) is 17.4 Å². The van der Waals surface area contributed by atoms with Crippen LogP contribution in [-0.2, 0) is 4.79 Å². The van der Waals surface area contributed by atoms with Gasteiger partial charge in [0.25, 0.3) is 11.1 Å². The van der Waals surface area contributed by atoms with Crippen molar-refractivity contribution in [3.63, 3.8) is 0 Å². The van der Waals surface area contributed by atoms with Gasteiger partial charge in [0.1, 0.15) is 18.9 Å². The molecule has 0 radical (unpaired) electrons. The number of anilines is 1. The van der Waals surface area contributed by atoms with Crippen LogP contribution in [0.4, 0.5) is 5.69 Å². The van der Waals surface area contributed by atoms with E-state index in [-0.39, 0.29) is 5.91 Å². The molecule has 1 aliphatic heterocycles. The Hall–Kier alpha value is -3.46.